The number of hydrogen-bond donors (Lipinski definition) is 1. The number of hydrogen-bond acceptors (Lipinski definition) is 8. The zero-order chi connectivity index (χ0) is 24.6. The fraction of sp³-hybridized carbons (Fsp3) is 0.320. The van der Waals surface area contributed by atoms with E-state index in [0.29, 0.717) is 23.0 Å². The Morgan fingerprint density at radius 2 is 2.00 bits per heavy atom. The van der Waals surface area contributed by atoms with Crippen LogP contribution in [0.5, 0.6) is 0 Å². The molecule has 9 nitrogen and oxygen atoms in total. The minimum absolute atomic E-state index is 0.0584. The minimum Gasteiger partial charge on any atom is -0.370 e. The number of aryl methyl sites for hydroxylation is 1. The van der Waals surface area contributed by atoms with Gasteiger partial charge in [-0.1, -0.05) is 6.08 Å². The Labute approximate surface area is 206 Å². The van der Waals surface area contributed by atoms with E-state index in [9.17, 15) is 8.42 Å². The number of aromatic nitrogens is 3. The van der Waals surface area contributed by atoms with Crippen molar-refractivity contribution in [1.29, 1.82) is 0 Å². The summed E-state index contributed by atoms with van der Waals surface area (Å²) in [4.78, 5) is 18.1. The number of benzene rings is 1. The fourth-order valence-electron chi connectivity index (χ4n) is 4.63. The molecule has 0 amide bonds. The highest BCUT2D eigenvalue weighted by molar-refractivity contribution is 7.93. The quantitative estimate of drug-likeness (QED) is 0.543. The van der Waals surface area contributed by atoms with Gasteiger partial charge in [0, 0.05) is 42.8 Å². The second-order valence-electron chi connectivity index (χ2n) is 8.88. The van der Waals surface area contributed by atoms with E-state index in [0.717, 1.165) is 43.9 Å². The SMILES string of the molecule is C=CCN1c2ncccc2-c2nc(Nc3ccc(N4CCCN(C)CC4)c(C)c3)ncc2S1(=O)=O. The van der Waals surface area contributed by atoms with Crippen molar-refractivity contribution in [2.75, 3.05) is 54.3 Å². The number of nitrogens with one attached hydrogen (secondary N) is 1. The van der Waals surface area contributed by atoms with Gasteiger partial charge in [0.15, 0.2) is 5.82 Å². The normalized spacial score (nSPS) is 17.3. The van der Waals surface area contributed by atoms with Crippen LogP contribution < -0.4 is 14.5 Å². The van der Waals surface area contributed by atoms with Gasteiger partial charge >= 0.3 is 0 Å². The van der Waals surface area contributed by atoms with Crippen LogP contribution in [-0.4, -0.2) is 68.0 Å². The first-order valence-corrected chi connectivity index (χ1v) is 13.1. The molecule has 4 heterocycles. The van der Waals surface area contributed by atoms with Gasteiger partial charge in [0.25, 0.3) is 10.0 Å². The monoisotopic (exact) mass is 491 g/mol. The molecular formula is C25H29N7O2S. The third-order valence-electron chi connectivity index (χ3n) is 6.41. The third kappa shape index (κ3) is 4.35. The van der Waals surface area contributed by atoms with E-state index in [-0.39, 0.29) is 11.4 Å². The molecule has 2 aromatic heterocycles. The van der Waals surface area contributed by atoms with Gasteiger partial charge in [-0.2, -0.15) is 0 Å². The summed E-state index contributed by atoms with van der Waals surface area (Å²) < 4.78 is 27.7. The van der Waals surface area contributed by atoms with Crippen molar-refractivity contribution in [3.63, 3.8) is 0 Å². The summed E-state index contributed by atoms with van der Waals surface area (Å²) >= 11 is 0. The van der Waals surface area contributed by atoms with Crippen LogP contribution in [0.4, 0.5) is 23.1 Å². The maximum absolute atomic E-state index is 13.2. The van der Waals surface area contributed by atoms with Crippen LogP contribution in [-0.2, 0) is 10.0 Å². The first kappa shape index (κ1) is 23.3. The van der Waals surface area contributed by atoms with Crippen molar-refractivity contribution in [1.82, 2.24) is 19.9 Å². The van der Waals surface area contributed by atoms with Gasteiger partial charge in [-0.05, 0) is 62.8 Å². The molecule has 0 atom stereocenters. The number of fused-ring (bicyclic) bond motifs is 3. The van der Waals surface area contributed by atoms with Crippen LogP contribution in [0.1, 0.15) is 12.0 Å². The van der Waals surface area contributed by atoms with E-state index < -0.39 is 10.0 Å². The Morgan fingerprint density at radius 1 is 1.14 bits per heavy atom. The molecule has 0 saturated carbocycles. The van der Waals surface area contributed by atoms with E-state index in [2.05, 4.69) is 62.8 Å². The highest BCUT2D eigenvalue weighted by Crippen LogP contribution is 2.40. The van der Waals surface area contributed by atoms with Gasteiger partial charge in [-0.15, -0.1) is 6.58 Å². The zero-order valence-corrected chi connectivity index (χ0v) is 20.8. The molecule has 5 rings (SSSR count). The van der Waals surface area contributed by atoms with Gasteiger partial charge in [-0.3, -0.25) is 0 Å². The lowest BCUT2D eigenvalue weighted by Gasteiger charge is -2.29. The molecule has 1 saturated heterocycles. The molecule has 1 aromatic carbocycles. The van der Waals surface area contributed by atoms with Crippen LogP contribution in [0.25, 0.3) is 11.3 Å². The summed E-state index contributed by atoms with van der Waals surface area (Å²) in [6, 6.07) is 9.80. The Balaban J connectivity index is 1.45. The van der Waals surface area contributed by atoms with E-state index in [1.54, 1.807) is 12.3 Å². The molecule has 1 fully saturated rings. The smallest absolute Gasteiger partial charge is 0.269 e. The molecular weight excluding hydrogens is 462 g/mol. The third-order valence-corrected chi connectivity index (χ3v) is 8.17. The Morgan fingerprint density at radius 3 is 2.80 bits per heavy atom. The summed E-state index contributed by atoms with van der Waals surface area (Å²) in [7, 11) is -1.68. The van der Waals surface area contributed by atoms with E-state index >= 15 is 0 Å². The van der Waals surface area contributed by atoms with E-state index in [1.165, 1.54) is 22.3 Å². The van der Waals surface area contributed by atoms with Crippen molar-refractivity contribution in [2.45, 2.75) is 18.2 Å². The molecule has 2 aliphatic rings. The first-order valence-electron chi connectivity index (χ1n) is 11.7. The Kier molecular flexibility index (Phi) is 6.16. The summed E-state index contributed by atoms with van der Waals surface area (Å²) in [6.07, 6.45) is 5.61. The molecule has 0 radical (unpaired) electrons. The van der Waals surface area contributed by atoms with Crippen LogP contribution in [0.3, 0.4) is 0 Å². The Bertz CT molecular complexity index is 1380. The predicted molar refractivity (Wildman–Crippen MR) is 139 cm³/mol. The molecule has 182 valence electrons. The van der Waals surface area contributed by atoms with Gasteiger partial charge in [0.05, 0.1) is 12.7 Å². The van der Waals surface area contributed by atoms with Crippen LogP contribution in [0, 0.1) is 6.92 Å². The van der Waals surface area contributed by atoms with E-state index in [1.807, 2.05) is 12.1 Å². The summed E-state index contributed by atoms with van der Waals surface area (Å²) in [5.41, 5.74) is 4.21. The lowest BCUT2D eigenvalue weighted by Crippen LogP contribution is -2.35. The topological polar surface area (TPSA) is 94.6 Å². The van der Waals surface area contributed by atoms with Crippen LogP contribution in [0.2, 0.25) is 0 Å². The lowest BCUT2D eigenvalue weighted by molar-refractivity contribution is 0.360. The minimum atomic E-state index is -3.84. The van der Waals surface area contributed by atoms with Gasteiger partial charge in [-0.25, -0.2) is 27.7 Å². The number of pyridine rings is 1. The van der Waals surface area contributed by atoms with Crippen LogP contribution >= 0.6 is 0 Å². The van der Waals surface area contributed by atoms with E-state index in [4.69, 9.17) is 0 Å². The molecule has 2 aliphatic heterocycles. The standard InChI is InChI=1S/C25H29N7O2S/c1-4-11-32-24-20(7-5-10-26-24)23-22(35(32,33)34)17-27-25(29-23)28-19-8-9-21(18(2)16-19)31-13-6-12-30(3)14-15-31/h4-5,7-10,16-17H,1,6,11-15H2,2-3H3,(H,27,28,29). The molecule has 35 heavy (non-hydrogen) atoms. The lowest BCUT2D eigenvalue weighted by atomic mass is 10.1. The number of nitrogens with zero attached hydrogens (tertiary/aromatic N) is 6. The highest BCUT2D eigenvalue weighted by Gasteiger charge is 2.37. The number of anilines is 4. The zero-order valence-electron chi connectivity index (χ0n) is 20.0. The maximum Gasteiger partial charge on any atom is 0.269 e. The first-order chi connectivity index (χ1) is 16.9. The average molecular weight is 492 g/mol. The molecule has 3 aromatic rings. The summed E-state index contributed by atoms with van der Waals surface area (Å²) in [5.74, 6) is 0.669. The second-order valence-corrected chi connectivity index (χ2v) is 10.7. The number of rotatable bonds is 5. The maximum atomic E-state index is 13.2. The van der Waals surface area contributed by atoms with Crippen LogP contribution in [0.15, 0.2) is 60.3 Å². The summed E-state index contributed by atoms with van der Waals surface area (Å²) in [5, 5.41) is 3.24. The van der Waals surface area contributed by atoms with Crippen molar-refractivity contribution in [2.24, 2.45) is 0 Å². The molecule has 0 bridgehead atoms. The molecule has 1 N–H and O–H groups in total. The van der Waals surface area contributed by atoms with Crippen molar-refractivity contribution >= 4 is 33.2 Å². The fourth-order valence-corrected chi connectivity index (χ4v) is 6.13. The average Bonchev–Trinajstić information content (AvgIpc) is 3.06. The largest absolute Gasteiger partial charge is 0.370 e. The molecule has 0 unspecified atom stereocenters. The second kappa shape index (κ2) is 9.27. The van der Waals surface area contributed by atoms with Crippen molar-refractivity contribution in [3.05, 3.63) is 60.9 Å². The van der Waals surface area contributed by atoms with Gasteiger partial charge in [0.1, 0.15) is 10.6 Å². The number of likely N-dealkylation sites (N-methyl/N-ethyl adjacent to an activating group) is 1. The summed E-state index contributed by atoms with van der Waals surface area (Å²) in [6.45, 7) is 10.1. The highest BCUT2D eigenvalue weighted by atomic mass is 32.2. The van der Waals surface area contributed by atoms with Gasteiger partial charge < -0.3 is 15.1 Å². The molecule has 10 heteroatoms. The number of sulfonamides is 1. The van der Waals surface area contributed by atoms with Crippen molar-refractivity contribution in [3.8, 4) is 11.3 Å². The Hall–Kier alpha value is -3.50. The molecule has 0 aliphatic carbocycles. The van der Waals surface area contributed by atoms with Gasteiger partial charge in [0.2, 0.25) is 5.95 Å². The predicted octanol–water partition coefficient (Wildman–Crippen LogP) is 3.43. The molecule has 0 spiro atoms. The van der Waals surface area contributed by atoms with Crippen molar-refractivity contribution < 1.29 is 8.42 Å².